The highest BCUT2D eigenvalue weighted by Crippen LogP contribution is 2.26. The Balaban J connectivity index is 1.29. The highest BCUT2D eigenvalue weighted by atomic mass is 16.5. The molecule has 8 nitrogen and oxygen atoms in total. The first kappa shape index (κ1) is 19.8. The number of rotatable bonds is 4. The number of fused-ring (bicyclic) bond motifs is 1. The molecule has 0 bridgehead atoms. The number of para-hydroxylation sites is 1. The summed E-state index contributed by atoms with van der Waals surface area (Å²) in [4.78, 5) is 30.0. The number of hydrogen-bond donors (Lipinski definition) is 1. The van der Waals surface area contributed by atoms with Crippen LogP contribution in [0.15, 0.2) is 48.8 Å². The predicted molar refractivity (Wildman–Crippen MR) is 116 cm³/mol. The molecule has 0 saturated carbocycles. The molecule has 8 heteroatoms. The van der Waals surface area contributed by atoms with Gasteiger partial charge in [-0.3, -0.25) is 14.8 Å². The van der Waals surface area contributed by atoms with Gasteiger partial charge in [0.2, 0.25) is 0 Å². The number of ether oxygens (including phenoxy) is 1. The molecule has 2 atom stereocenters. The van der Waals surface area contributed by atoms with E-state index in [0.717, 1.165) is 16.6 Å². The molecule has 160 valence electrons. The quantitative estimate of drug-likeness (QED) is 0.686. The van der Waals surface area contributed by atoms with Crippen molar-refractivity contribution in [1.29, 1.82) is 0 Å². The fourth-order valence-corrected chi connectivity index (χ4v) is 4.27. The van der Waals surface area contributed by atoms with Crippen LogP contribution in [0.25, 0.3) is 10.9 Å². The lowest BCUT2D eigenvalue weighted by Gasteiger charge is -2.26. The minimum absolute atomic E-state index is 0.0362. The maximum absolute atomic E-state index is 12.7. The van der Waals surface area contributed by atoms with Crippen molar-refractivity contribution >= 4 is 22.6 Å². The lowest BCUT2D eigenvalue weighted by atomic mass is 9.99. The summed E-state index contributed by atoms with van der Waals surface area (Å²) in [6, 6.07) is 12.1. The van der Waals surface area contributed by atoms with Crippen molar-refractivity contribution in [3.63, 3.8) is 0 Å². The minimum atomic E-state index is -0.492. The number of β-amino-alcohol motifs (C(OH)–C–C–N with tert-alkyl or cyclic N) is 1. The molecular weight excluding hydrogens is 394 g/mol. The molecule has 5 rings (SSSR count). The fourth-order valence-electron chi connectivity index (χ4n) is 4.27. The molecule has 0 radical (unpaired) electrons. The van der Waals surface area contributed by atoms with Crippen LogP contribution in [0, 0.1) is 5.92 Å². The van der Waals surface area contributed by atoms with E-state index in [1.807, 2.05) is 35.2 Å². The number of amides is 1. The molecule has 4 heterocycles. The Bertz CT molecular complexity index is 1090. The summed E-state index contributed by atoms with van der Waals surface area (Å²) in [6.07, 6.45) is 3.35. The lowest BCUT2D eigenvalue weighted by Crippen LogP contribution is -2.41. The molecule has 3 aromatic rings. The zero-order chi connectivity index (χ0) is 21.2. The SMILES string of the molecule is O=C(c1cncc(N2C[C@@H](Cc3ccc4ccccc4n3)[C@H](O)C2)n1)N1CCOCC1. The number of benzene rings is 1. The van der Waals surface area contributed by atoms with Gasteiger partial charge in [-0.1, -0.05) is 24.3 Å². The third kappa shape index (κ3) is 4.22. The van der Waals surface area contributed by atoms with Crippen LogP contribution in [0.3, 0.4) is 0 Å². The molecular formula is C23H25N5O3. The van der Waals surface area contributed by atoms with Crippen LogP contribution in [-0.2, 0) is 11.2 Å². The Morgan fingerprint density at radius 1 is 1.06 bits per heavy atom. The Hall–Kier alpha value is -3.10. The smallest absolute Gasteiger partial charge is 0.274 e. The standard InChI is InChI=1S/C23H25N5O3/c29-21-15-28(14-17(21)11-18-6-5-16-3-1-2-4-19(16)25-18)22-13-24-12-20(26-22)23(30)27-7-9-31-10-8-27/h1-6,12-13,17,21,29H,7-11,14-15H2/t17-,21-/m1/s1. The second kappa shape index (κ2) is 8.56. The zero-order valence-corrected chi connectivity index (χ0v) is 17.2. The van der Waals surface area contributed by atoms with E-state index in [9.17, 15) is 9.90 Å². The summed E-state index contributed by atoms with van der Waals surface area (Å²) >= 11 is 0. The number of aliphatic hydroxyl groups is 1. The van der Waals surface area contributed by atoms with E-state index in [2.05, 4.69) is 16.0 Å². The van der Waals surface area contributed by atoms with Crippen molar-refractivity contribution in [3.05, 3.63) is 60.2 Å². The van der Waals surface area contributed by atoms with Gasteiger partial charge in [-0.15, -0.1) is 0 Å². The fraction of sp³-hybridized carbons (Fsp3) is 0.391. The van der Waals surface area contributed by atoms with Gasteiger partial charge in [0.15, 0.2) is 0 Å². The summed E-state index contributed by atoms with van der Waals surface area (Å²) in [5.41, 5.74) is 2.25. The Morgan fingerprint density at radius 3 is 2.77 bits per heavy atom. The first-order chi connectivity index (χ1) is 15.2. The van der Waals surface area contributed by atoms with Crippen molar-refractivity contribution in [1.82, 2.24) is 19.9 Å². The molecule has 0 spiro atoms. The van der Waals surface area contributed by atoms with Gasteiger partial charge in [0.25, 0.3) is 5.91 Å². The number of aromatic nitrogens is 3. The molecule has 31 heavy (non-hydrogen) atoms. The predicted octanol–water partition coefficient (Wildman–Crippen LogP) is 1.54. The first-order valence-electron chi connectivity index (χ1n) is 10.6. The molecule has 1 amide bonds. The Kier molecular flexibility index (Phi) is 5.48. The molecule has 2 aromatic heterocycles. The number of morpholine rings is 1. The van der Waals surface area contributed by atoms with Crippen LogP contribution in [0.1, 0.15) is 16.2 Å². The van der Waals surface area contributed by atoms with E-state index in [0.29, 0.717) is 57.3 Å². The number of nitrogens with zero attached hydrogens (tertiary/aromatic N) is 5. The van der Waals surface area contributed by atoms with E-state index >= 15 is 0 Å². The molecule has 1 N–H and O–H groups in total. The molecule has 2 aliphatic heterocycles. The summed E-state index contributed by atoms with van der Waals surface area (Å²) in [6.45, 7) is 3.31. The molecule has 2 saturated heterocycles. The van der Waals surface area contributed by atoms with Crippen LogP contribution in [-0.4, -0.2) is 76.4 Å². The lowest BCUT2D eigenvalue weighted by molar-refractivity contribution is 0.0299. The monoisotopic (exact) mass is 419 g/mol. The highest BCUT2D eigenvalue weighted by molar-refractivity contribution is 5.92. The highest BCUT2D eigenvalue weighted by Gasteiger charge is 2.33. The Morgan fingerprint density at radius 2 is 1.90 bits per heavy atom. The summed E-state index contributed by atoms with van der Waals surface area (Å²) in [5, 5.41) is 11.8. The van der Waals surface area contributed by atoms with E-state index in [-0.39, 0.29) is 11.8 Å². The minimum Gasteiger partial charge on any atom is -0.391 e. The normalized spacial score (nSPS) is 21.6. The average molecular weight is 419 g/mol. The molecule has 2 fully saturated rings. The number of carbonyl (C=O) groups is 1. The van der Waals surface area contributed by atoms with Gasteiger partial charge in [-0.2, -0.15) is 0 Å². The average Bonchev–Trinajstić information content (AvgIpc) is 3.19. The van der Waals surface area contributed by atoms with Gasteiger partial charge in [-0.25, -0.2) is 4.98 Å². The zero-order valence-electron chi connectivity index (χ0n) is 17.2. The van der Waals surface area contributed by atoms with Crippen molar-refractivity contribution in [2.45, 2.75) is 12.5 Å². The maximum atomic E-state index is 12.7. The van der Waals surface area contributed by atoms with Crippen LogP contribution in [0.5, 0.6) is 0 Å². The van der Waals surface area contributed by atoms with Crippen molar-refractivity contribution in [2.24, 2.45) is 5.92 Å². The van der Waals surface area contributed by atoms with E-state index in [1.54, 1.807) is 11.1 Å². The van der Waals surface area contributed by atoms with Gasteiger partial charge in [0, 0.05) is 43.2 Å². The van der Waals surface area contributed by atoms with E-state index in [1.165, 1.54) is 6.20 Å². The number of hydrogen-bond acceptors (Lipinski definition) is 7. The van der Waals surface area contributed by atoms with Crippen LogP contribution < -0.4 is 4.90 Å². The second-order valence-electron chi connectivity index (χ2n) is 8.10. The molecule has 0 unspecified atom stereocenters. The van der Waals surface area contributed by atoms with Gasteiger partial charge in [0.1, 0.15) is 11.5 Å². The third-order valence-electron chi connectivity index (χ3n) is 6.00. The molecule has 1 aromatic carbocycles. The summed E-state index contributed by atoms with van der Waals surface area (Å²) in [7, 11) is 0. The van der Waals surface area contributed by atoms with Gasteiger partial charge >= 0.3 is 0 Å². The third-order valence-corrected chi connectivity index (χ3v) is 6.00. The van der Waals surface area contributed by atoms with Gasteiger partial charge < -0.3 is 19.6 Å². The number of aliphatic hydroxyl groups excluding tert-OH is 1. The first-order valence-corrected chi connectivity index (χ1v) is 10.6. The number of carbonyl (C=O) groups excluding carboxylic acids is 1. The van der Waals surface area contributed by atoms with Gasteiger partial charge in [-0.05, 0) is 18.6 Å². The van der Waals surface area contributed by atoms with Crippen LogP contribution in [0.4, 0.5) is 5.82 Å². The van der Waals surface area contributed by atoms with Gasteiger partial charge in [0.05, 0.1) is 37.2 Å². The molecule has 2 aliphatic rings. The summed E-state index contributed by atoms with van der Waals surface area (Å²) in [5.74, 6) is 0.524. The molecule has 0 aliphatic carbocycles. The largest absolute Gasteiger partial charge is 0.391 e. The van der Waals surface area contributed by atoms with Crippen molar-refractivity contribution < 1.29 is 14.6 Å². The summed E-state index contributed by atoms with van der Waals surface area (Å²) < 4.78 is 5.32. The topological polar surface area (TPSA) is 91.7 Å². The number of anilines is 1. The maximum Gasteiger partial charge on any atom is 0.274 e. The van der Waals surface area contributed by atoms with Crippen molar-refractivity contribution in [2.75, 3.05) is 44.3 Å². The van der Waals surface area contributed by atoms with Crippen molar-refractivity contribution in [3.8, 4) is 0 Å². The van der Waals surface area contributed by atoms with Crippen LogP contribution >= 0.6 is 0 Å². The van der Waals surface area contributed by atoms with Crippen LogP contribution in [0.2, 0.25) is 0 Å². The van der Waals surface area contributed by atoms with E-state index < -0.39 is 6.10 Å². The van der Waals surface area contributed by atoms with E-state index in [4.69, 9.17) is 9.72 Å². The number of pyridine rings is 1. The second-order valence-corrected chi connectivity index (χ2v) is 8.10. The Labute approximate surface area is 180 Å².